The molecule has 0 aromatic heterocycles. The normalized spacial score (nSPS) is 22.4. The molecule has 1 saturated carbocycles. The number of hydrogen-bond donors (Lipinski definition) is 0. The van der Waals surface area contributed by atoms with Crippen LogP contribution in [0, 0.1) is 46.2 Å². The molecule has 1 fully saturated rings. The summed E-state index contributed by atoms with van der Waals surface area (Å²) < 4.78 is 0. The van der Waals surface area contributed by atoms with Crippen LogP contribution in [0.4, 0.5) is 0 Å². The zero-order chi connectivity index (χ0) is 31.0. The summed E-state index contributed by atoms with van der Waals surface area (Å²) in [6, 6.07) is 28.4. The van der Waals surface area contributed by atoms with E-state index in [2.05, 4.69) is 163 Å². The molecule has 0 bridgehead atoms. The molecule has 5 heteroatoms. The van der Waals surface area contributed by atoms with Crippen LogP contribution in [0.1, 0.15) is 49.4 Å². The predicted octanol–water partition coefficient (Wildman–Crippen LogP) is 8.94. The molecule has 0 spiro atoms. The van der Waals surface area contributed by atoms with Gasteiger partial charge in [-0.05, 0) is 48.8 Å². The average Bonchev–Trinajstić information content (AvgIpc) is 3.53. The molecule has 4 atom stereocenters. The first-order valence-corrected chi connectivity index (χ1v) is 21.4. The van der Waals surface area contributed by atoms with Crippen molar-refractivity contribution in [1.29, 1.82) is 0 Å². The molecule has 236 valence electrons. The van der Waals surface area contributed by atoms with Crippen molar-refractivity contribution < 1.29 is 21.7 Å². The van der Waals surface area contributed by atoms with Crippen LogP contribution in [0.3, 0.4) is 0 Å². The maximum absolute atomic E-state index is 5.98. The number of allylic oxidation sites excluding steroid dienone is 3. The van der Waals surface area contributed by atoms with Gasteiger partial charge in [0.25, 0.3) is 0 Å². The minimum absolute atomic E-state index is 0. The second-order valence-corrected chi connectivity index (χ2v) is 22.9. The Labute approximate surface area is 292 Å². The van der Waals surface area contributed by atoms with Crippen molar-refractivity contribution in [2.75, 3.05) is 0 Å². The first kappa shape index (κ1) is 37.7. The van der Waals surface area contributed by atoms with Gasteiger partial charge in [-0.3, -0.25) is 13.0 Å². The summed E-state index contributed by atoms with van der Waals surface area (Å²) in [7, 11) is -3.67. The van der Waals surface area contributed by atoms with E-state index in [1.807, 2.05) is 0 Å². The third-order valence-electron chi connectivity index (χ3n) is 8.99. The van der Waals surface area contributed by atoms with Gasteiger partial charge in [0.15, 0.2) is 0 Å². The fraction of sp³-hybridized carbons (Fsp3) is 0.375. The van der Waals surface area contributed by atoms with Crippen LogP contribution < -0.4 is 10.4 Å². The van der Waals surface area contributed by atoms with Crippen LogP contribution in [0.5, 0.6) is 0 Å². The largest absolute Gasteiger partial charge is 4.00 e. The summed E-state index contributed by atoms with van der Waals surface area (Å²) in [6.07, 6.45) is 10.8. The van der Waals surface area contributed by atoms with Gasteiger partial charge in [-0.15, -0.1) is 18.6 Å². The molecule has 3 aliphatic rings. The van der Waals surface area contributed by atoms with E-state index in [0.717, 1.165) is 13.1 Å². The number of rotatable bonds is 5. The number of benzene rings is 3. The van der Waals surface area contributed by atoms with Gasteiger partial charge in [-0.1, -0.05) is 139 Å². The average molecular weight is 667 g/mol. The fourth-order valence-corrected chi connectivity index (χ4v) is 12.9. The second-order valence-electron chi connectivity index (χ2n) is 15.0. The van der Waals surface area contributed by atoms with Crippen LogP contribution in [0.25, 0.3) is 4.98 Å². The molecular formula is C40H54N2Si2Ti. The molecule has 0 saturated heterocycles. The zero-order valence-corrected chi connectivity index (χ0v) is 32.5. The van der Waals surface area contributed by atoms with Gasteiger partial charge in [0, 0.05) is 27.4 Å². The van der Waals surface area contributed by atoms with Gasteiger partial charge in [-0.25, -0.2) is 0 Å². The van der Waals surface area contributed by atoms with Gasteiger partial charge in [0.1, 0.15) is 0 Å². The van der Waals surface area contributed by atoms with E-state index in [4.69, 9.17) is 4.98 Å². The van der Waals surface area contributed by atoms with Crippen LogP contribution in [0.2, 0.25) is 18.6 Å². The Morgan fingerprint density at radius 2 is 1.16 bits per heavy atom. The van der Waals surface area contributed by atoms with Gasteiger partial charge < -0.3 is 25.5 Å². The fourth-order valence-electron chi connectivity index (χ4n) is 7.39. The standard InChI is InChI=1S/C35H41N2Si.C4H10Si.CH3.Ti/c1-25-14-18-29(19-15-25)38(36-35(3,4)5,30-20-16-26(2)17-21-30)34-22-33(31-12-8-9-13-32(31)34)37-23-27-10-6-7-11-28(27)24-37;1-5(2,3)4;;/h6-21,31-34H,22-24H2,1-5H3;1-2H2,3-4H3;1H3;/q-1;-2;-1;+4. The molecule has 6 rings (SSSR count). The monoisotopic (exact) mass is 666 g/mol. The number of fused-ring (bicyclic) bond motifs is 2. The smallest absolute Gasteiger partial charge is 0.652 e. The summed E-state index contributed by atoms with van der Waals surface area (Å²) in [5.41, 5.74) is 5.99. The molecule has 45 heavy (non-hydrogen) atoms. The molecule has 2 aliphatic carbocycles. The molecule has 2 nitrogen and oxygen atoms in total. The van der Waals surface area contributed by atoms with Crippen molar-refractivity contribution in [3.63, 3.8) is 0 Å². The molecule has 4 unspecified atom stereocenters. The molecule has 1 aliphatic heterocycles. The van der Waals surface area contributed by atoms with Crippen molar-refractivity contribution in [3.05, 3.63) is 145 Å². The summed E-state index contributed by atoms with van der Waals surface area (Å²) in [5, 5.41) is 2.91. The molecule has 0 amide bonds. The Kier molecular flexibility index (Phi) is 12.5. The molecule has 3 aromatic rings. The molecule has 0 N–H and O–H groups in total. The van der Waals surface area contributed by atoms with E-state index in [-0.39, 0.29) is 34.7 Å². The van der Waals surface area contributed by atoms with Crippen LogP contribution in [-0.2, 0) is 34.8 Å². The van der Waals surface area contributed by atoms with Crippen molar-refractivity contribution in [3.8, 4) is 0 Å². The topological polar surface area (TPSA) is 17.3 Å². The van der Waals surface area contributed by atoms with E-state index in [0.29, 0.717) is 23.4 Å². The van der Waals surface area contributed by atoms with Gasteiger partial charge in [0.2, 0.25) is 0 Å². The Hall–Kier alpha value is -1.79. The third kappa shape index (κ3) is 8.77. The first-order valence-electron chi connectivity index (χ1n) is 16.0. The summed E-state index contributed by atoms with van der Waals surface area (Å²) in [6.45, 7) is 25.2. The van der Waals surface area contributed by atoms with Crippen LogP contribution >= 0.6 is 0 Å². The maximum Gasteiger partial charge on any atom is 4.00 e. The summed E-state index contributed by atoms with van der Waals surface area (Å²) >= 11 is 0. The quantitative estimate of drug-likeness (QED) is 0.196. The Morgan fingerprint density at radius 1 is 0.733 bits per heavy atom. The van der Waals surface area contributed by atoms with Crippen LogP contribution in [-0.4, -0.2) is 32.8 Å². The van der Waals surface area contributed by atoms with Gasteiger partial charge in [0.05, 0.1) is 0 Å². The Balaban J connectivity index is 0.000000734. The second kappa shape index (κ2) is 15.0. The zero-order valence-electron chi connectivity index (χ0n) is 29.0. The van der Waals surface area contributed by atoms with Crippen molar-refractivity contribution in [1.82, 2.24) is 4.90 Å². The molecule has 0 radical (unpaired) electrons. The number of aryl methyl sites for hydroxylation is 2. The number of nitrogens with zero attached hydrogens (tertiary/aromatic N) is 2. The molecular weight excluding hydrogens is 612 g/mol. The summed E-state index contributed by atoms with van der Waals surface area (Å²) in [5.74, 6) is 1.02. The molecule has 3 aromatic carbocycles. The van der Waals surface area contributed by atoms with E-state index < -0.39 is 16.3 Å². The SMILES string of the molecule is Cc1ccc([Si]([N-]C(C)(C)C)(c2ccc(C)cc2)C2CC(N3Cc4ccccc4C3)C3C=CC=CC32)cc1.[CH2-][Si]([CH2-])(C)C.[CH3-].[Ti+4]. The van der Waals surface area contributed by atoms with Crippen LogP contribution in [0.15, 0.2) is 97.1 Å². The minimum Gasteiger partial charge on any atom is -0.652 e. The van der Waals surface area contributed by atoms with E-state index >= 15 is 0 Å². The van der Waals surface area contributed by atoms with Crippen molar-refractivity contribution in [2.45, 2.75) is 84.3 Å². The summed E-state index contributed by atoms with van der Waals surface area (Å²) in [4.78, 5) is 8.75. The minimum atomic E-state index is -2.56. The van der Waals surface area contributed by atoms with Crippen molar-refractivity contribution in [2.24, 2.45) is 11.8 Å². The third-order valence-corrected chi connectivity index (χ3v) is 14.1. The maximum atomic E-state index is 5.98. The van der Waals surface area contributed by atoms with E-state index in [1.165, 1.54) is 39.0 Å². The first-order chi connectivity index (χ1) is 20.2. The van der Waals surface area contributed by atoms with Gasteiger partial charge >= 0.3 is 21.7 Å². The number of hydrogen-bond acceptors (Lipinski definition) is 1. The van der Waals surface area contributed by atoms with E-state index in [9.17, 15) is 0 Å². The Bertz CT molecular complexity index is 1370. The molecule has 1 heterocycles. The van der Waals surface area contributed by atoms with Crippen molar-refractivity contribution >= 4 is 26.7 Å². The van der Waals surface area contributed by atoms with E-state index in [1.54, 1.807) is 0 Å². The van der Waals surface area contributed by atoms with Gasteiger partial charge in [-0.2, -0.15) is 0 Å². The Morgan fingerprint density at radius 3 is 1.58 bits per heavy atom. The predicted molar refractivity (Wildman–Crippen MR) is 198 cm³/mol.